The van der Waals surface area contributed by atoms with E-state index in [1.54, 1.807) is 0 Å². The molecule has 0 saturated carbocycles. The molecular formula is C17H20BF2NO2. The lowest BCUT2D eigenvalue weighted by atomic mass is 9.57. The van der Waals surface area contributed by atoms with Gasteiger partial charge in [0.2, 0.25) is 0 Å². The number of carboxylic acid groups (broad SMARTS) is 1. The molecule has 0 bridgehead atoms. The molecular weight excluding hydrogens is 299 g/mol. The number of carboxylic acids is 1. The van der Waals surface area contributed by atoms with Crippen LogP contribution in [0.3, 0.4) is 0 Å². The first kappa shape index (κ1) is 17.3. The molecule has 3 nitrogen and oxygen atoms in total. The van der Waals surface area contributed by atoms with Crippen LogP contribution in [0, 0.1) is 11.6 Å². The molecule has 0 aliphatic carbocycles. The Kier molecular flexibility index (Phi) is 5.24. The lowest BCUT2D eigenvalue weighted by molar-refractivity contribution is 0.0689. The zero-order valence-corrected chi connectivity index (χ0v) is 13.2. The standard InChI is InChI=1S/C17H20BF2NO2/c1-9(2)4-5-10(3)21-14-7-11-6-13(19)16(20)15(17(22)23)12(11)8-18-14/h6,14,18,21H,1,3-5,7-8H2,2H3,(H,22,23). The Morgan fingerprint density at radius 3 is 2.74 bits per heavy atom. The van der Waals surface area contributed by atoms with Crippen molar-refractivity contribution in [2.45, 2.75) is 38.4 Å². The number of carbonyl (C=O) groups is 1. The number of benzene rings is 1. The average molecular weight is 319 g/mol. The number of nitrogens with one attached hydrogen (secondary N) is 1. The number of rotatable bonds is 6. The first-order chi connectivity index (χ1) is 10.8. The minimum absolute atomic E-state index is 0.0478. The fraction of sp³-hybridized carbons (Fsp3) is 0.353. The van der Waals surface area contributed by atoms with Gasteiger partial charge in [0, 0.05) is 11.6 Å². The van der Waals surface area contributed by atoms with E-state index in [1.807, 2.05) is 6.92 Å². The van der Waals surface area contributed by atoms with E-state index in [4.69, 9.17) is 5.11 Å². The Morgan fingerprint density at radius 2 is 2.13 bits per heavy atom. The fourth-order valence-electron chi connectivity index (χ4n) is 2.94. The van der Waals surface area contributed by atoms with Gasteiger partial charge in [0.1, 0.15) is 5.56 Å². The van der Waals surface area contributed by atoms with E-state index in [-0.39, 0.29) is 5.94 Å². The van der Waals surface area contributed by atoms with Crippen molar-refractivity contribution in [1.82, 2.24) is 5.32 Å². The molecule has 122 valence electrons. The Labute approximate surface area is 135 Å². The molecule has 23 heavy (non-hydrogen) atoms. The second kappa shape index (κ2) is 6.98. The van der Waals surface area contributed by atoms with Crippen molar-refractivity contribution in [2.24, 2.45) is 0 Å². The highest BCUT2D eigenvalue weighted by Crippen LogP contribution is 2.26. The lowest BCUT2D eigenvalue weighted by Gasteiger charge is -2.27. The summed E-state index contributed by atoms with van der Waals surface area (Å²) >= 11 is 0. The normalized spacial score (nSPS) is 16.2. The zero-order valence-electron chi connectivity index (χ0n) is 13.2. The summed E-state index contributed by atoms with van der Waals surface area (Å²) in [5.41, 5.74) is 2.38. The topological polar surface area (TPSA) is 49.3 Å². The first-order valence-electron chi connectivity index (χ1n) is 7.61. The van der Waals surface area contributed by atoms with Gasteiger partial charge in [-0.2, -0.15) is 0 Å². The van der Waals surface area contributed by atoms with Gasteiger partial charge < -0.3 is 10.4 Å². The molecule has 1 heterocycles. The molecule has 1 atom stereocenters. The number of allylic oxidation sites excluding steroid dienone is 2. The summed E-state index contributed by atoms with van der Waals surface area (Å²) in [5, 5.41) is 12.4. The van der Waals surface area contributed by atoms with Gasteiger partial charge in [-0.25, -0.2) is 13.6 Å². The van der Waals surface area contributed by atoms with E-state index >= 15 is 0 Å². The maximum atomic E-state index is 13.7. The van der Waals surface area contributed by atoms with Crippen LogP contribution in [0.25, 0.3) is 0 Å². The largest absolute Gasteiger partial charge is 0.478 e. The number of aromatic carboxylic acids is 1. The fourth-order valence-corrected chi connectivity index (χ4v) is 2.94. The summed E-state index contributed by atoms with van der Waals surface area (Å²) in [4.78, 5) is 11.2. The van der Waals surface area contributed by atoms with Crippen molar-refractivity contribution >= 4 is 13.2 Å². The summed E-state index contributed by atoms with van der Waals surface area (Å²) in [6.45, 7) is 9.77. The van der Waals surface area contributed by atoms with Crippen LogP contribution >= 0.6 is 0 Å². The van der Waals surface area contributed by atoms with Gasteiger partial charge in [0.15, 0.2) is 18.9 Å². The third-order valence-electron chi connectivity index (χ3n) is 4.10. The van der Waals surface area contributed by atoms with Crippen molar-refractivity contribution in [3.8, 4) is 0 Å². The van der Waals surface area contributed by atoms with Crippen molar-refractivity contribution in [3.05, 3.63) is 58.8 Å². The number of fused-ring (bicyclic) bond motifs is 1. The molecule has 1 aromatic rings. The molecule has 0 saturated heterocycles. The van der Waals surface area contributed by atoms with Crippen LogP contribution in [0.4, 0.5) is 8.78 Å². The molecule has 1 aliphatic rings. The van der Waals surface area contributed by atoms with E-state index in [9.17, 15) is 13.6 Å². The van der Waals surface area contributed by atoms with E-state index in [1.165, 1.54) is 0 Å². The first-order valence-corrected chi connectivity index (χ1v) is 7.61. The van der Waals surface area contributed by atoms with Crippen LogP contribution in [-0.4, -0.2) is 24.3 Å². The Bertz CT molecular complexity index is 673. The summed E-state index contributed by atoms with van der Waals surface area (Å²) < 4.78 is 27.4. The SMILES string of the molecule is C=C(C)CCC(=C)NC1BCc2c(cc(F)c(F)c2C(=O)O)C1. The number of hydrogen-bond donors (Lipinski definition) is 2. The van der Waals surface area contributed by atoms with Crippen LogP contribution in [0.5, 0.6) is 0 Å². The quantitative estimate of drug-likeness (QED) is 0.626. The molecule has 1 aromatic carbocycles. The van der Waals surface area contributed by atoms with Crippen LogP contribution in [0.2, 0.25) is 0 Å². The molecule has 2 rings (SSSR count). The number of hydrogen-bond acceptors (Lipinski definition) is 2. The molecule has 0 radical (unpaired) electrons. The van der Waals surface area contributed by atoms with Crippen molar-refractivity contribution < 1.29 is 18.7 Å². The second-order valence-corrected chi connectivity index (χ2v) is 6.13. The number of halogens is 2. The van der Waals surface area contributed by atoms with Gasteiger partial charge >= 0.3 is 5.97 Å². The van der Waals surface area contributed by atoms with Crippen molar-refractivity contribution in [3.63, 3.8) is 0 Å². The van der Waals surface area contributed by atoms with E-state index in [2.05, 4.69) is 18.5 Å². The van der Waals surface area contributed by atoms with Gasteiger partial charge in [0.25, 0.3) is 0 Å². The lowest BCUT2D eigenvalue weighted by Crippen LogP contribution is -2.40. The Morgan fingerprint density at radius 1 is 1.43 bits per heavy atom. The van der Waals surface area contributed by atoms with E-state index in [0.717, 1.165) is 30.2 Å². The van der Waals surface area contributed by atoms with E-state index < -0.39 is 23.2 Å². The highest BCUT2D eigenvalue weighted by molar-refractivity contribution is 6.38. The molecule has 0 spiro atoms. The van der Waals surface area contributed by atoms with Crippen LogP contribution in [-0.2, 0) is 12.7 Å². The van der Waals surface area contributed by atoms with Crippen LogP contribution < -0.4 is 5.32 Å². The van der Waals surface area contributed by atoms with Gasteiger partial charge in [-0.1, -0.05) is 12.2 Å². The van der Waals surface area contributed by atoms with Gasteiger partial charge in [-0.3, -0.25) is 0 Å². The Balaban J connectivity index is 2.14. The zero-order chi connectivity index (χ0) is 17.1. The highest BCUT2D eigenvalue weighted by atomic mass is 19.2. The van der Waals surface area contributed by atoms with Crippen LogP contribution in [0.15, 0.2) is 30.5 Å². The molecule has 6 heteroatoms. The van der Waals surface area contributed by atoms with Crippen molar-refractivity contribution in [2.75, 3.05) is 0 Å². The minimum Gasteiger partial charge on any atom is -0.478 e. The summed E-state index contributed by atoms with van der Waals surface area (Å²) in [5.74, 6) is -3.75. The third-order valence-corrected chi connectivity index (χ3v) is 4.10. The highest BCUT2D eigenvalue weighted by Gasteiger charge is 2.28. The maximum Gasteiger partial charge on any atom is 0.339 e. The molecule has 1 unspecified atom stereocenters. The molecule has 2 N–H and O–H groups in total. The molecule has 1 aliphatic heterocycles. The third kappa shape index (κ3) is 4.00. The summed E-state index contributed by atoms with van der Waals surface area (Å²) in [6.07, 6.45) is 2.48. The van der Waals surface area contributed by atoms with Crippen molar-refractivity contribution in [1.29, 1.82) is 0 Å². The Hall–Kier alpha value is -2.11. The molecule has 0 aromatic heterocycles. The molecule has 0 fully saturated rings. The average Bonchev–Trinajstić information content (AvgIpc) is 2.46. The monoisotopic (exact) mass is 319 g/mol. The van der Waals surface area contributed by atoms with Gasteiger partial charge in [-0.05, 0) is 49.7 Å². The minimum atomic E-state index is -1.42. The maximum absolute atomic E-state index is 13.7. The predicted molar refractivity (Wildman–Crippen MR) is 88.0 cm³/mol. The van der Waals surface area contributed by atoms with Crippen LogP contribution in [0.1, 0.15) is 41.3 Å². The van der Waals surface area contributed by atoms with Gasteiger partial charge in [0.05, 0.1) is 0 Å². The molecule has 0 amide bonds. The summed E-state index contributed by atoms with van der Waals surface area (Å²) in [7, 11) is 0.657. The smallest absolute Gasteiger partial charge is 0.339 e. The predicted octanol–water partition coefficient (Wildman–Crippen LogP) is 2.94. The van der Waals surface area contributed by atoms with E-state index in [0.29, 0.717) is 31.1 Å². The second-order valence-electron chi connectivity index (χ2n) is 6.13. The summed E-state index contributed by atoms with van der Waals surface area (Å²) in [6, 6.07) is 1.11. The van der Waals surface area contributed by atoms with Gasteiger partial charge in [-0.15, -0.1) is 6.58 Å².